The zero-order valence-electron chi connectivity index (χ0n) is 18.7. The molecule has 0 bridgehead atoms. The average Bonchev–Trinajstić information content (AvgIpc) is 3.33. The van der Waals surface area contributed by atoms with Gasteiger partial charge in [0.1, 0.15) is 11.4 Å². The molecule has 2 amide bonds. The molecule has 4 rings (SSSR count). The maximum atomic E-state index is 13.0. The first kappa shape index (κ1) is 23.2. The minimum Gasteiger partial charge on any atom is -0.454 e. The van der Waals surface area contributed by atoms with Crippen LogP contribution in [0.4, 0.5) is 0 Å². The van der Waals surface area contributed by atoms with Crippen molar-refractivity contribution in [3.63, 3.8) is 0 Å². The van der Waals surface area contributed by atoms with Crippen molar-refractivity contribution in [3.8, 4) is 17.2 Å². The zero-order valence-corrected chi connectivity index (χ0v) is 18.7. The molecule has 0 aromatic heterocycles. The number of carbonyl (C=O) groups excluding carboxylic acids is 3. The molecule has 9 heteroatoms. The van der Waals surface area contributed by atoms with Gasteiger partial charge in [-0.2, -0.15) is 5.10 Å². The van der Waals surface area contributed by atoms with Crippen LogP contribution in [0.1, 0.15) is 28.4 Å². The van der Waals surface area contributed by atoms with Gasteiger partial charge in [0.2, 0.25) is 6.79 Å². The van der Waals surface area contributed by atoms with Crippen molar-refractivity contribution in [2.75, 3.05) is 6.79 Å². The normalized spacial score (nSPS) is 12.3. The molecule has 3 aromatic carbocycles. The number of carbonyl (C=O) groups is 3. The zero-order chi connectivity index (χ0) is 24.6. The largest absolute Gasteiger partial charge is 0.454 e. The minimum absolute atomic E-state index is 0.0388. The molecule has 1 heterocycles. The van der Waals surface area contributed by atoms with Gasteiger partial charge in [-0.15, -0.1) is 0 Å². The van der Waals surface area contributed by atoms with Crippen molar-refractivity contribution >= 4 is 30.1 Å². The number of para-hydroxylation sites is 1. The fourth-order valence-corrected chi connectivity index (χ4v) is 3.17. The van der Waals surface area contributed by atoms with E-state index in [1.165, 1.54) is 19.2 Å². The third-order valence-corrected chi connectivity index (χ3v) is 4.78. The lowest BCUT2D eigenvalue weighted by Gasteiger charge is -2.10. The Kier molecular flexibility index (Phi) is 7.17. The smallest absolute Gasteiger partial charge is 0.308 e. The maximum absolute atomic E-state index is 13.0. The Labute approximate surface area is 201 Å². The highest BCUT2D eigenvalue weighted by Gasteiger charge is 2.17. The monoisotopic (exact) mass is 471 g/mol. The summed E-state index contributed by atoms with van der Waals surface area (Å²) in [7, 11) is 0. The van der Waals surface area contributed by atoms with E-state index in [0.29, 0.717) is 33.9 Å². The molecule has 176 valence electrons. The van der Waals surface area contributed by atoms with Crippen molar-refractivity contribution < 1.29 is 28.6 Å². The van der Waals surface area contributed by atoms with Gasteiger partial charge in [-0.3, -0.25) is 14.4 Å². The van der Waals surface area contributed by atoms with Gasteiger partial charge in [0.15, 0.2) is 11.5 Å². The summed E-state index contributed by atoms with van der Waals surface area (Å²) in [5.41, 5.74) is 3.83. The van der Waals surface area contributed by atoms with Crippen LogP contribution in [0.15, 0.2) is 83.6 Å². The molecule has 9 nitrogen and oxygen atoms in total. The Morgan fingerprint density at radius 1 is 0.943 bits per heavy atom. The maximum Gasteiger partial charge on any atom is 0.308 e. The molecule has 0 atom stereocenters. The summed E-state index contributed by atoms with van der Waals surface area (Å²) < 4.78 is 15.8. The molecule has 0 spiro atoms. The Morgan fingerprint density at radius 3 is 2.49 bits per heavy atom. The number of hydrogen-bond donors (Lipinski definition) is 2. The first-order chi connectivity index (χ1) is 17.0. The number of esters is 1. The standard InChI is InChI=1S/C26H21N3O6/c1-17(30)35-22-10-6-5-9-20(22)15-27-29-26(32)21(28-25(31)19-7-3-2-4-8-19)13-18-11-12-23-24(14-18)34-16-33-23/h2-15H,16H2,1H3,(H,28,31)(H,29,32)/b21-13-,27-15-. The van der Waals surface area contributed by atoms with Gasteiger partial charge in [-0.05, 0) is 48.0 Å². The Bertz CT molecular complexity index is 1320. The first-order valence-electron chi connectivity index (χ1n) is 10.6. The summed E-state index contributed by atoms with van der Waals surface area (Å²) in [5.74, 6) is -0.172. The highest BCUT2D eigenvalue weighted by molar-refractivity contribution is 6.05. The van der Waals surface area contributed by atoms with Crippen molar-refractivity contribution in [2.45, 2.75) is 6.92 Å². The Morgan fingerprint density at radius 2 is 1.69 bits per heavy atom. The molecule has 0 aliphatic carbocycles. The summed E-state index contributed by atoms with van der Waals surface area (Å²) in [6.45, 7) is 1.41. The van der Waals surface area contributed by atoms with Crippen LogP contribution in [-0.4, -0.2) is 30.8 Å². The molecule has 2 N–H and O–H groups in total. The number of fused-ring (bicyclic) bond motifs is 1. The molecular formula is C26H21N3O6. The van der Waals surface area contributed by atoms with Crippen LogP contribution in [0, 0.1) is 0 Å². The molecule has 0 saturated carbocycles. The van der Waals surface area contributed by atoms with E-state index in [-0.39, 0.29) is 12.5 Å². The molecule has 1 aliphatic rings. The van der Waals surface area contributed by atoms with Gasteiger partial charge in [0.25, 0.3) is 11.8 Å². The molecule has 0 fully saturated rings. The number of hydrogen-bond acceptors (Lipinski definition) is 7. The molecule has 3 aromatic rings. The van der Waals surface area contributed by atoms with Gasteiger partial charge in [-0.25, -0.2) is 5.43 Å². The van der Waals surface area contributed by atoms with Crippen LogP contribution in [-0.2, 0) is 9.59 Å². The summed E-state index contributed by atoms with van der Waals surface area (Å²) in [6.07, 6.45) is 2.84. The van der Waals surface area contributed by atoms with Crippen molar-refractivity contribution in [2.24, 2.45) is 5.10 Å². The van der Waals surface area contributed by atoms with Crippen LogP contribution in [0.25, 0.3) is 6.08 Å². The number of nitrogens with one attached hydrogen (secondary N) is 2. The molecule has 0 unspecified atom stereocenters. The summed E-state index contributed by atoms with van der Waals surface area (Å²) in [5, 5.41) is 6.59. The number of ether oxygens (including phenoxy) is 3. The summed E-state index contributed by atoms with van der Waals surface area (Å²) >= 11 is 0. The molecule has 35 heavy (non-hydrogen) atoms. The lowest BCUT2D eigenvalue weighted by Crippen LogP contribution is -2.32. The quantitative estimate of drug-likeness (QED) is 0.180. The fourth-order valence-electron chi connectivity index (χ4n) is 3.17. The van der Waals surface area contributed by atoms with E-state index in [1.54, 1.807) is 72.8 Å². The number of hydrazone groups is 1. The average molecular weight is 471 g/mol. The van der Waals surface area contributed by atoms with Crippen LogP contribution < -0.4 is 25.0 Å². The summed E-state index contributed by atoms with van der Waals surface area (Å²) in [4.78, 5) is 37.0. The predicted molar refractivity (Wildman–Crippen MR) is 128 cm³/mol. The fraction of sp³-hybridized carbons (Fsp3) is 0.0769. The number of amides is 2. The van der Waals surface area contributed by atoms with Crippen molar-refractivity contribution in [3.05, 3.63) is 95.2 Å². The number of benzene rings is 3. The molecular weight excluding hydrogens is 450 g/mol. The lowest BCUT2D eigenvalue weighted by atomic mass is 10.1. The highest BCUT2D eigenvalue weighted by atomic mass is 16.7. The predicted octanol–water partition coefficient (Wildman–Crippen LogP) is 3.26. The lowest BCUT2D eigenvalue weighted by molar-refractivity contribution is -0.131. The first-order valence-corrected chi connectivity index (χ1v) is 10.6. The van der Waals surface area contributed by atoms with Gasteiger partial charge < -0.3 is 19.5 Å². The second kappa shape index (κ2) is 10.8. The van der Waals surface area contributed by atoms with E-state index in [1.807, 2.05) is 0 Å². The van der Waals surface area contributed by atoms with Crippen molar-refractivity contribution in [1.82, 2.24) is 10.7 Å². The topological polar surface area (TPSA) is 115 Å². The van der Waals surface area contributed by atoms with E-state index >= 15 is 0 Å². The second-order valence-corrected chi connectivity index (χ2v) is 7.32. The Balaban J connectivity index is 1.56. The SMILES string of the molecule is CC(=O)Oc1ccccc1/C=N\NC(=O)/C(=C/c1ccc2c(c1)OCO2)NC(=O)c1ccccc1. The van der Waals surface area contributed by atoms with E-state index in [9.17, 15) is 14.4 Å². The third kappa shape index (κ3) is 6.11. The second-order valence-electron chi connectivity index (χ2n) is 7.32. The van der Waals surface area contributed by atoms with Crippen LogP contribution in [0.5, 0.6) is 17.2 Å². The van der Waals surface area contributed by atoms with Gasteiger partial charge in [0.05, 0.1) is 6.21 Å². The molecule has 1 aliphatic heterocycles. The van der Waals surface area contributed by atoms with Crippen molar-refractivity contribution in [1.29, 1.82) is 0 Å². The van der Waals surface area contributed by atoms with Crippen LogP contribution in [0.3, 0.4) is 0 Å². The van der Waals surface area contributed by atoms with Gasteiger partial charge >= 0.3 is 5.97 Å². The van der Waals surface area contributed by atoms with Gasteiger partial charge in [0, 0.05) is 18.1 Å². The number of nitrogens with zero attached hydrogens (tertiary/aromatic N) is 1. The van der Waals surface area contributed by atoms with E-state index in [0.717, 1.165) is 0 Å². The van der Waals surface area contributed by atoms with Gasteiger partial charge in [-0.1, -0.05) is 36.4 Å². The number of rotatable bonds is 7. The highest BCUT2D eigenvalue weighted by Crippen LogP contribution is 2.33. The Hall–Kier alpha value is -4.92. The van der Waals surface area contributed by atoms with E-state index in [2.05, 4.69) is 15.8 Å². The van der Waals surface area contributed by atoms with E-state index in [4.69, 9.17) is 14.2 Å². The molecule has 0 radical (unpaired) electrons. The third-order valence-electron chi connectivity index (χ3n) is 4.78. The van der Waals surface area contributed by atoms with Crippen LogP contribution >= 0.6 is 0 Å². The van der Waals surface area contributed by atoms with E-state index < -0.39 is 17.8 Å². The molecule has 0 saturated heterocycles. The minimum atomic E-state index is -0.659. The van der Waals surface area contributed by atoms with Crippen LogP contribution in [0.2, 0.25) is 0 Å². The summed E-state index contributed by atoms with van der Waals surface area (Å²) in [6, 6.07) is 20.4.